The van der Waals surface area contributed by atoms with Gasteiger partial charge in [-0.25, -0.2) is 14.8 Å². The molecule has 0 aliphatic carbocycles. The predicted molar refractivity (Wildman–Crippen MR) is 132 cm³/mol. The number of hydrogen-bond acceptors (Lipinski definition) is 10. The van der Waals surface area contributed by atoms with Crippen LogP contribution in [0.3, 0.4) is 0 Å². The molecule has 0 bridgehead atoms. The molecule has 1 atom stereocenters. The largest absolute Gasteiger partial charge is 0.494 e. The van der Waals surface area contributed by atoms with Crippen molar-refractivity contribution in [1.82, 2.24) is 25.9 Å². The number of aryl methyl sites for hydroxylation is 1. The second-order valence-electron chi connectivity index (χ2n) is 7.86. The van der Waals surface area contributed by atoms with Gasteiger partial charge in [0.25, 0.3) is 11.8 Å². The zero-order valence-electron chi connectivity index (χ0n) is 19.3. The summed E-state index contributed by atoms with van der Waals surface area (Å²) in [6, 6.07) is 7.69. The minimum absolute atomic E-state index is 0.0810. The van der Waals surface area contributed by atoms with E-state index in [-0.39, 0.29) is 28.4 Å². The maximum Gasteiger partial charge on any atom is 0.414 e. The van der Waals surface area contributed by atoms with Gasteiger partial charge in [-0.2, -0.15) is 0 Å². The number of alkyl carbamates (subject to hydrolysis) is 1. The van der Waals surface area contributed by atoms with E-state index in [0.29, 0.717) is 31.7 Å². The van der Waals surface area contributed by atoms with Crippen molar-refractivity contribution in [2.75, 3.05) is 24.6 Å². The standard InChI is InChI=1S/C22H27ClN8O5/c23-16-18(25)29-17(24)15(28-16)20(33)30-21(26)27-10-2-1-4-12-6-8-13(9-7-12)35-11-3-5-14-19(32)31-22(34)36-14/h6-9,14H,1-5,10-11H2,(H4,24,25,29)(H,31,32,34)(H3,26,27,30,33). The van der Waals surface area contributed by atoms with Crippen LogP contribution in [0.2, 0.25) is 5.15 Å². The molecule has 1 unspecified atom stereocenters. The molecule has 3 rings (SSSR count). The summed E-state index contributed by atoms with van der Waals surface area (Å²) in [6.07, 6.45) is 2.00. The number of ether oxygens (including phenoxy) is 2. The van der Waals surface area contributed by atoms with Crippen molar-refractivity contribution in [3.63, 3.8) is 0 Å². The Hall–Kier alpha value is -4.13. The van der Waals surface area contributed by atoms with Crippen LogP contribution in [0.1, 0.15) is 41.7 Å². The molecule has 3 amide bonds. The molecule has 192 valence electrons. The molecule has 2 aromatic rings. The highest BCUT2D eigenvalue weighted by molar-refractivity contribution is 6.31. The van der Waals surface area contributed by atoms with E-state index in [0.717, 1.165) is 24.8 Å². The van der Waals surface area contributed by atoms with Crippen molar-refractivity contribution < 1.29 is 23.9 Å². The number of unbranched alkanes of at least 4 members (excludes halogenated alkanes) is 1. The lowest BCUT2D eigenvalue weighted by atomic mass is 10.1. The minimum Gasteiger partial charge on any atom is -0.494 e. The number of imide groups is 1. The first-order chi connectivity index (χ1) is 17.2. The number of aromatic nitrogens is 2. The number of benzene rings is 1. The van der Waals surface area contributed by atoms with E-state index in [4.69, 9.17) is 38.0 Å². The number of nitrogens with two attached hydrogens (primary N) is 2. The van der Waals surface area contributed by atoms with E-state index in [1.807, 2.05) is 24.3 Å². The maximum absolute atomic E-state index is 12.2. The SMILES string of the molecule is N=C(NCCCCc1ccc(OCCCC2OC(=O)NC2=O)cc1)NC(=O)c1nc(Cl)c(N)nc1N. The number of carbonyl (C=O) groups is 3. The Morgan fingerprint density at radius 2 is 1.89 bits per heavy atom. The molecule has 1 fully saturated rings. The van der Waals surface area contributed by atoms with E-state index in [2.05, 4.69) is 25.9 Å². The number of nitrogens with zero attached hydrogens (tertiary/aromatic N) is 2. The molecule has 0 spiro atoms. The topological polar surface area (TPSA) is 207 Å². The van der Waals surface area contributed by atoms with Crippen molar-refractivity contribution in [2.45, 2.75) is 38.2 Å². The third kappa shape index (κ3) is 7.70. The van der Waals surface area contributed by atoms with Gasteiger partial charge in [0.05, 0.1) is 6.61 Å². The second-order valence-corrected chi connectivity index (χ2v) is 8.22. The highest BCUT2D eigenvalue weighted by Gasteiger charge is 2.31. The highest BCUT2D eigenvalue weighted by atomic mass is 35.5. The summed E-state index contributed by atoms with van der Waals surface area (Å²) in [5.41, 5.74) is 12.0. The van der Waals surface area contributed by atoms with Gasteiger partial charge in [-0.3, -0.25) is 25.6 Å². The molecule has 1 aromatic heterocycles. The summed E-state index contributed by atoms with van der Waals surface area (Å²) < 4.78 is 10.5. The summed E-state index contributed by atoms with van der Waals surface area (Å²) in [5, 5.41) is 14.9. The van der Waals surface area contributed by atoms with Crippen LogP contribution in [0, 0.1) is 5.41 Å². The average Bonchev–Trinajstić information content (AvgIpc) is 3.16. The number of guanidine groups is 1. The smallest absolute Gasteiger partial charge is 0.414 e. The first-order valence-electron chi connectivity index (χ1n) is 11.2. The minimum atomic E-state index is -0.742. The van der Waals surface area contributed by atoms with Gasteiger partial charge in [0.1, 0.15) is 5.75 Å². The Balaban J connectivity index is 1.28. The normalized spacial score (nSPS) is 14.6. The third-order valence-electron chi connectivity index (χ3n) is 5.12. The summed E-state index contributed by atoms with van der Waals surface area (Å²) >= 11 is 5.77. The Morgan fingerprint density at radius 3 is 2.58 bits per heavy atom. The van der Waals surface area contributed by atoms with E-state index >= 15 is 0 Å². The molecule has 0 radical (unpaired) electrons. The van der Waals surface area contributed by atoms with Gasteiger partial charge in [-0.05, 0) is 49.8 Å². The van der Waals surface area contributed by atoms with E-state index < -0.39 is 24.0 Å². The van der Waals surface area contributed by atoms with Gasteiger partial charge in [0, 0.05) is 6.54 Å². The van der Waals surface area contributed by atoms with Crippen molar-refractivity contribution in [1.29, 1.82) is 5.41 Å². The van der Waals surface area contributed by atoms with Gasteiger partial charge >= 0.3 is 6.09 Å². The summed E-state index contributed by atoms with van der Waals surface area (Å²) in [5.74, 6) is -0.863. The van der Waals surface area contributed by atoms with Crippen LogP contribution in [0.25, 0.3) is 0 Å². The Morgan fingerprint density at radius 1 is 1.14 bits per heavy atom. The van der Waals surface area contributed by atoms with Crippen molar-refractivity contribution >= 4 is 47.1 Å². The maximum atomic E-state index is 12.2. The number of nitrogen functional groups attached to an aromatic ring is 2. The van der Waals surface area contributed by atoms with Gasteiger partial charge < -0.3 is 26.3 Å². The van der Waals surface area contributed by atoms with Crippen molar-refractivity contribution in [2.24, 2.45) is 0 Å². The summed E-state index contributed by atoms with van der Waals surface area (Å²) in [7, 11) is 0. The lowest BCUT2D eigenvalue weighted by molar-refractivity contribution is -0.123. The molecule has 1 aromatic carbocycles. The van der Waals surface area contributed by atoms with Crippen LogP contribution in [0.4, 0.5) is 16.4 Å². The predicted octanol–water partition coefficient (Wildman–Crippen LogP) is 1.37. The van der Waals surface area contributed by atoms with Crippen LogP contribution >= 0.6 is 11.6 Å². The summed E-state index contributed by atoms with van der Waals surface area (Å²) in [6.45, 7) is 0.887. The lowest BCUT2D eigenvalue weighted by Crippen LogP contribution is -2.41. The van der Waals surface area contributed by atoms with Gasteiger partial charge in [-0.15, -0.1) is 0 Å². The first-order valence-corrected chi connectivity index (χ1v) is 11.6. The molecule has 36 heavy (non-hydrogen) atoms. The lowest BCUT2D eigenvalue weighted by Gasteiger charge is -2.11. The molecule has 8 N–H and O–H groups in total. The van der Waals surface area contributed by atoms with E-state index in [1.54, 1.807) is 0 Å². The third-order valence-corrected chi connectivity index (χ3v) is 5.40. The number of anilines is 2. The number of halogens is 1. The number of cyclic esters (lactones) is 1. The number of hydrogen-bond donors (Lipinski definition) is 6. The van der Waals surface area contributed by atoms with Crippen LogP contribution in [0.15, 0.2) is 24.3 Å². The molecule has 1 aliphatic heterocycles. The fraction of sp³-hybridized carbons (Fsp3) is 0.364. The molecular weight excluding hydrogens is 492 g/mol. The average molecular weight is 519 g/mol. The fourth-order valence-corrected chi connectivity index (χ4v) is 3.41. The fourth-order valence-electron chi connectivity index (χ4n) is 3.29. The molecular formula is C22H27ClN8O5. The van der Waals surface area contributed by atoms with Crippen LogP contribution in [0.5, 0.6) is 5.75 Å². The molecule has 14 heteroatoms. The number of carbonyl (C=O) groups excluding carboxylic acids is 3. The van der Waals surface area contributed by atoms with Crippen LogP contribution in [-0.4, -0.2) is 53.1 Å². The molecule has 0 saturated carbocycles. The quantitative estimate of drug-likeness (QED) is 0.143. The zero-order valence-corrected chi connectivity index (χ0v) is 20.1. The van der Waals surface area contributed by atoms with Gasteiger partial charge in [0.15, 0.2) is 34.5 Å². The second kappa shape index (κ2) is 12.5. The zero-order chi connectivity index (χ0) is 26.1. The van der Waals surface area contributed by atoms with Crippen LogP contribution in [-0.2, 0) is 16.0 Å². The van der Waals surface area contributed by atoms with Crippen molar-refractivity contribution in [3.05, 3.63) is 40.7 Å². The first kappa shape index (κ1) is 26.5. The Labute approximate surface area is 211 Å². The van der Waals surface area contributed by atoms with Gasteiger partial charge in [0.2, 0.25) is 0 Å². The van der Waals surface area contributed by atoms with Gasteiger partial charge in [-0.1, -0.05) is 23.7 Å². The number of rotatable bonds is 11. The Kier molecular flexibility index (Phi) is 9.22. The highest BCUT2D eigenvalue weighted by Crippen LogP contribution is 2.17. The van der Waals surface area contributed by atoms with Crippen LogP contribution < -0.4 is 32.2 Å². The summed E-state index contributed by atoms with van der Waals surface area (Å²) in [4.78, 5) is 42.1. The molecule has 13 nitrogen and oxygen atoms in total. The van der Waals surface area contributed by atoms with Crippen molar-refractivity contribution in [3.8, 4) is 5.75 Å². The Bertz CT molecular complexity index is 1130. The molecule has 2 heterocycles. The monoisotopic (exact) mass is 518 g/mol. The molecule has 1 aliphatic rings. The van der Waals surface area contributed by atoms with E-state index in [1.165, 1.54) is 0 Å². The number of amides is 3. The molecule has 1 saturated heterocycles. The number of nitrogens with one attached hydrogen (secondary N) is 4. The van der Waals surface area contributed by atoms with E-state index in [9.17, 15) is 14.4 Å².